The Morgan fingerprint density at radius 1 is 0.571 bits per heavy atom. The zero-order valence-corrected chi connectivity index (χ0v) is 32.9. The largest absolute Gasteiger partial charge is 0.494 e. The average molecular weight is 795 g/mol. The maximum absolute atomic E-state index is 12.3. The van der Waals surface area contributed by atoms with Gasteiger partial charge < -0.3 is 49.8 Å². The topological polar surface area (TPSA) is 225 Å². The lowest BCUT2D eigenvalue weighted by Crippen LogP contribution is -2.41. The summed E-state index contributed by atoms with van der Waals surface area (Å²) in [6.07, 6.45) is 16.1. The van der Waals surface area contributed by atoms with E-state index in [0.717, 1.165) is 32.1 Å². The number of rotatable bonds is 39. The van der Waals surface area contributed by atoms with Gasteiger partial charge in [-0.25, -0.2) is 9.59 Å². The lowest BCUT2D eigenvalue weighted by atomic mass is 10.0. The number of aromatic carboxylic acids is 1. The van der Waals surface area contributed by atoms with Crippen LogP contribution < -0.4 is 20.7 Å². The molecular weight excluding hydrogens is 730 g/mol. The second-order valence-corrected chi connectivity index (χ2v) is 13.2. The minimum atomic E-state index is -1.18. The van der Waals surface area contributed by atoms with Crippen molar-refractivity contribution >= 4 is 35.9 Å². The molecule has 16 heteroatoms. The van der Waals surface area contributed by atoms with E-state index in [-0.39, 0.29) is 88.7 Å². The highest BCUT2D eigenvalue weighted by atomic mass is 16.5. The zero-order chi connectivity index (χ0) is 40.9. The summed E-state index contributed by atoms with van der Waals surface area (Å²) in [6, 6.07) is 5.34. The van der Waals surface area contributed by atoms with E-state index < -0.39 is 18.0 Å². The van der Waals surface area contributed by atoms with Gasteiger partial charge in [-0.1, -0.05) is 70.6 Å². The molecule has 0 heterocycles. The first-order chi connectivity index (χ1) is 27.2. The molecule has 0 aliphatic rings. The van der Waals surface area contributed by atoms with Gasteiger partial charge in [-0.2, -0.15) is 0 Å². The molecule has 317 valence electrons. The van der Waals surface area contributed by atoms with Crippen molar-refractivity contribution in [2.24, 2.45) is 0 Å². The van der Waals surface area contributed by atoms with E-state index in [9.17, 15) is 33.9 Å². The number of carbonyl (C=O) groups excluding carboxylic acids is 4. The van der Waals surface area contributed by atoms with Crippen molar-refractivity contribution in [3.8, 4) is 5.75 Å². The molecule has 1 aromatic carbocycles. The first kappa shape index (κ1) is 49.9. The van der Waals surface area contributed by atoms with E-state index in [2.05, 4.69) is 16.0 Å². The molecule has 1 atom stereocenters. The summed E-state index contributed by atoms with van der Waals surface area (Å²) >= 11 is 0. The van der Waals surface area contributed by atoms with Crippen LogP contribution >= 0.6 is 0 Å². The molecule has 0 fully saturated rings. The molecule has 3 amide bonds. The predicted octanol–water partition coefficient (Wildman–Crippen LogP) is 3.98. The molecule has 1 radical (unpaired) electrons. The molecule has 5 N–H and O–H groups in total. The van der Waals surface area contributed by atoms with Gasteiger partial charge in [0.25, 0.3) is 0 Å². The van der Waals surface area contributed by atoms with Gasteiger partial charge in [0.1, 0.15) is 25.0 Å². The van der Waals surface area contributed by atoms with Crippen LogP contribution in [0.15, 0.2) is 24.3 Å². The fraction of sp³-hybridized carbons (Fsp3) is 0.700. The van der Waals surface area contributed by atoms with Crippen LogP contribution in [0, 0.1) is 0 Å². The SMILES string of the molecule is O=[C]COCCOCCNC(=O)COCCOCCNC(=O)CC[C@H](NC(=O)CCCCCCCCCCCCCCCOc1ccc(C(=O)O)cc1)C(=O)O. The van der Waals surface area contributed by atoms with Gasteiger partial charge in [-0.15, -0.1) is 0 Å². The van der Waals surface area contributed by atoms with E-state index >= 15 is 0 Å². The molecule has 1 rings (SSSR count). The molecule has 16 nitrogen and oxygen atoms in total. The van der Waals surface area contributed by atoms with Gasteiger partial charge >= 0.3 is 11.9 Å². The molecule has 0 aromatic heterocycles. The van der Waals surface area contributed by atoms with Crippen molar-refractivity contribution in [3.63, 3.8) is 0 Å². The Bertz CT molecular complexity index is 1220. The number of benzene rings is 1. The van der Waals surface area contributed by atoms with Crippen LogP contribution in [0.1, 0.15) is 113 Å². The number of hydrogen-bond donors (Lipinski definition) is 5. The highest BCUT2D eigenvalue weighted by molar-refractivity contribution is 5.87. The Morgan fingerprint density at radius 2 is 1.09 bits per heavy atom. The number of aliphatic carboxylic acids is 1. The summed E-state index contributed by atoms with van der Waals surface area (Å²) in [7, 11) is 0. The van der Waals surface area contributed by atoms with Crippen molar-refractivity contribution in [1.29, 1.82) is 0 Å². The quantitative estimate of drug-likeness (QED) is 0.0596. The van der Waals surface area contributed by atoms with E-state index in [1.54, 1.807) is 30.6 Å². The molecule has 1 aromatic rings. The van der Waals surface area contributed by atoms with Crippen LogP contribution in [-0.4, -0.2) is 125 Å². The summed E-state index contributed by atoms with van der Waals surface area (Å²) < 4.78 is 26.4. The van der Waals surface area contributed by atoms with Gasteiger partial charge in [0, 0.05) is 25.9 Å². The summed E-state index contributed by atoms with van der Waals surface area (Å²) in [6.45, 7) is 2.41. The Kier molecular flexibility index (Phi) is 31.5. The van der Waals surface area contributed by atoms with Crippen molar-refractivity contribution in [2.75, 3.05) is 72.6 Å². The van der Waals surface area contributed by atoms with Crippen molar-refractivity contribution in [3.05, 3.63) is 29.8 Å². The monoisotopic (exact) mass is 794 g/mol. The number of amides is 3. The second-order valence-electron chi connectivity index (χ2n) is 13.2. The van der Waals surface area contributed by atoms with Crippen molar-refractivity contribution < 1.29 is 62.7 Å². The Morgan fingerprint density at radius 3 is 1.64 bits per heavy atom. The summed E-state index contributed by atoms with van der Waals surface area (Å²) in [5.41, 5.74) is 0.253. The minimum Gasteiger partial charge on any atom is -0.494 e. The van der Waals surface area contributed by atoms with Crippen LogP contribution in [-0.2, 0) is 42.9 Å². The summed E-state index contributed by atoms with van der Waals surface area (Å²) in [5, 5.41) is 26.3. The van der Waals surface area contributed by atoms with Crippen LogP contribution in [0.4, 0.5) is 0 Å². The third-order valence-corrected chi connectivity index (χ3v) is 8.49. The number of nitrogens with one attached hydrogen (secondary N) is 3. The lowest BCUT2D eigenvalue weighted by Gasteiger charge is -2.14. The predicted molar refractivity (Wildman–Crippen MR) is 207 cm³/mol. The van der Waals surface area contributed by atoms with Crippen molar-refractivity contribution in [2.45, 2.75) is 109 Å². The first-order valence-electron chi connectivity index (χ1n) is 19.9. The normalized spacial score (nSPS) is 11.4. The van der Waals surface area contributed by atoms with Gasteiger partial charge in [0.05, 0.1) is 51.8 Å². The molecule has 0 unspecified atom stereocenters. The molecular formula is C40H64N3O13. The van der Waals surface area contributed by atoms with Crippen LogP contribution in [0.3, 0.4) is 0 Å². The number of unbranched alkanes of at least 4 members (excludes halogenated alkanes) is 12. The van der Waals surface area contributed by atoms with Gasteiger partial charge in [0.15, 0.2) is 0 Å². The summed E-state index contributed by atoms with van der Waals surface area (Å²) in [5.74, 6) is -2.40. The third-order valence-electron chi connectivity index (χ3n) is 8.49. The standard InChI is InChI=1S/C40H64N3O13/c44-23-27-54-29-28-52-26-22-42-38(47)32-55-31-30-53-25-21-41-36(45)20-19-35(40(50)51)43-37(46)14-12-10-8-6-4-2-1-3-5-7-9-11-13-24-56-34-17-15-33(16-18-34)39(48)49/h15-18,35H,1-14,19-22,24-32H2,(H,41,45)(H,42,47)(H,43,46)(H,48,49)(H,50,51)/t35-/m0/s1. The molecule has 0 bridgehead atoms. The number of carboxylic acid groups (broad SMARTS) is 2. The van der Waals surface area contributed by atoms with E-state index in [4.69, 9.17) is 28.8 Å². The van der Waals surface area contributed by atoms with E-state index in [1.165, 1.54) is 44.9 Å². The van der Waals surface area contributed by atoms with Gasteiger partial charge in [-0.3, -0.25) is 19.2 Å². The Balaban J connectivity index is 1.91. The molecule has 0 aliphatic heterocycles. The Labute approximate surface area is 331 Å². The first-order valence-corrected chi connectivity index (χ1v) is 19.9. The lowest BCUT2D eigenvalue weighted by molar-refractivity contribution is -0.142. The van der Waals surface area contributed by atoms with Gasteiger partial charge in [-0.05, 0) is 43.5 Å². The molecule has 0 saturated carbocycles. The number of carboxylic acids is 2. The fourth-order valence-electron chi connectivity index (χ4n) is 5.40. The van der Waals surface area contributed by atoms with Gasteiger partial charge in [0.2, 0.25) is 24.0 Å². The van der Waals surface area contributed by atoms with Crippen molar-refractivity contribution in [1.82, 2.24) is 16.0 Å². The highest BCUT2D eigenvalue weighted by Crippen LogP contribution is 2.15. The second kappa shape index (κ2) is 35.3. The maximum atomic E-state index is 12.3. The Hall–Kier alpha value is -4.12. The number of hydrogen-bond acceptors (Lipinski definition) is 11. The molecule has 0 aliphatic carbocycles. The number of ether oxygens (including phenoxy) is 5. The zero-order valence-electron chi connectivity index (χ0n) is 32.9. The smallest absolute Gasteiger partial charge is 0.335 e. The van der Waals surface area contributed by atoms with E-state index in [0.29, 0.717) is 38.5 Å². The maximum Gasteiger partial charge on any atom is 0.335 e. The minimum absolute atomic E-state index is 0.0203. The van der Waals surface area contributed by atoms with Crippen LogP contribution in [0.5, 0.6) is 5.75 Å². The average Bonchev–Trinajstić information content (AvgIpc) is 3.18. The third kappa shape index (κ3) is 30.1. The van der Waals surface area contributed by atoms with E-state index in [1.807, 2.05) is 0 Å². The molecule has 56 heavy (non-hydrogen) atoms. The fourth-order valence-corrected chi connectivity index (χ4v) is 5.40. The highest BCUT2D eigenvalue weighted by Gasteiger charge is 2.20. The molecule has 0 saturated heterocycles. The van der Waals surface area contributed by atoms with Crippen LogP contribution in [0.2, 0.25) is 0 Å². The number of carbonyl (C=O) groups is 5. The molecule has 0 spiro atoms. The van der Waals surface area contributed by atoms with Crippen LogP contribution in [0.25, 0.3) is 0 Å². The summed E-state index contributed by atoms with van der Waals surface area (Å²) in [4.78, 5) is 68.7.